The normalized spacial score (nSPS) is 13.2. The van der Waals surface area contributed by atoms with Gasteiger partial charge >= 0.3 is 0 Å². The molecule has 0 aliphatic carbocycles. The molecule has 0 spiro atoms. The van der Waals surface area contributed by atoms with E-state index in [1.807, 2.05) is 95.7 Å². The Kier molecular flexibility index (Phi) is 5.06. The van der Waals surface area contributed by atoms with Crippen LogP contribution in [-0.2, 0) is 11.3 Å². The van der Waals surface area contributed by atoms with Gasteiger partial charge in [-0.15, -0.1) is 0 Å². The molecule has 0 saturated carbocycles. The largest absolute Gasteiger partial charge is 0.359 e. The van der Waals surface area contributed by atoms with Crippen LogP contribution in [0.4, 0.5) is 17.1 Å². The van der Waals surface area contributed by atoms with E-state index in [0.717, 1.165) is 33.5 Å². The Hall–Kier alpha value is -4.50. The standard InChI is InChI=1S/C26H21N5O/c27-15-18(26-29-22-11-5-6-12-23(22)30-26)14-19-16-31(24-13-7-4-10-21(19)24)17-25(32)28-20-8-2-1-3-9-20/h1-14,16,26,29-30H,17H2,(H,28,32)/b18-14+. The molecule has 32 heavy (non-hydrogen) atoms. The highest BCUT2D eigenvalue weighted by Crippen LogP contribution is 2.32. The van der Waals surface area contributed by atoms with Gasteiger partial charge in [0.25, 0.3) is 0 Å². The Balaban J connectivity index is 1.43. The third-order valence-corrected chi connectivity index (χ3v) is 5.47. The van der Waals surface area contributed by atoms with Crippen LogP contribution in [0.1, 0.15) is 5.56 Å². The second kappa shape index (κ2) is 8.32. The van der Waals surface area contributed by atoms with Crippen molar-refractivity contribution in [2.24, 2.45) is 0 Å². The SMILES string of the molecule is N#C/C(=C\c1cn(CC(=O)Nc2ccccc2)c2ccccc12)C1Nc2ccccc2N1. The molecule has 0 bridgehead atoms. The smallest absolute Gasteiger partial charge is 0.244 e. The summed E-state index contributed by atoms with van der Waals surface area (Å²) in [7, 11) is 0. The van der Waals surface area contributed by atoms with Crippen LogP contribution in [0.3, 0.4) is 0 Å². The van der Waals surface area contributed by atoms with Gasteiger partial charge in [-0.1, -0.05) is 48.5 Å². The number of fused-ring (bicyclic) bond motifs is 2. The molecule has 6 heteroatoms. The highest BCUT2D eigenvalue weighted by molar-refractivity contribution is 5.94. The number of carbonyl (C=O) groups is 1. The molecule has 6 nitrogen and oxygen atoms in total. The molecule has 1 aliphatic heterocycles. The molecule has 2 heterocycles. The van der Waals surface area contributed by atoms with E-state index in [-0.39, 0.29) is 18.6 Å². The van der Waals surface area contributed by atoms with E-state index in [4.69, 9.17) is 0 Å². The number of benzene rings is 3. The van der Waals surface area contributed by atoms with Gasteiger partial charge in [0.2, 0.25) is 5.91 Å². The molecule has 0 unspecified atom stereocenters. The molecule has 1 amide bonds. The average Bonchev–Trinajstić information content (AvgIpc) is 3.40. The second-order valence-corrected chi connectivity index (χ2v) is 7.62. The monoisotopic (exact) mass is 419 g/mol. The van der Waals surface area contributed by atoms with E-state index in [9.17, 15) is 10.1 Å². The van der Waals surface area contributed by atoms with Crippen LogP contribution in [0.25, 0.3) is 17.0 Å². The van der Waals surface area contributed by atoms with Gasteiger partial charge in [-0.05, 0) is 36.4 Å². The lowest BCUT2D eigenvalue weighted by Gasteiger charge is -2.10. The number of hydrogen-bond acceptors (Lipinski definition) is 4. The number of aromatic nitrogens is 1. The minimum Gasteiger partial charge on any atom is -0.359 e. The third-order valence-electron chi connectivity index (χ3n) is 5.47. The molecule has 4 aromatic rings. The van der Waals surface area contributed by atoms with Crippen molar-refractivity contribution in [3.8, 4) is 6.07 Å². The molecule has 1 aromatic heterocycles. The minimum atomic E-state index is -0.305. The first-order valence-electron chi connectivity index (χ1n) is 10.4. The van der Waals surface area contributed by atoms with Crippen molar-refractivity contribution in [1.82, 2.24) is 4.57 Å². The predicted molar refractivity (Wildman–Crippen MR) is 128 cm³/mol. The zero-order valence-corrected chi connectivity index (χ0v) is 17.2. The maximum absolute atomic E-state index is 12.6. The number of nitrogens with one attached hydrogen (secondary N) is 3. The Bertz CT molecular complexity index is 1340. The maximum Gasteiger partial charge on any atom is 0.244 e. The van der Waals surface area contributed by atoms with Crippen molar-refractivity contribution in [1.29, 1.82) is 5.26 Å². The number of carbonyl (C=O) groups excluding carboxylic acids is 1. The van der Waals surface area contributed by atoms with E-state index in [1.54, 1.807) is 0 Å². The Morgan fingerprint density at radius 1 is 0.969 bits per heavy atom. The number of nitriles is 1. The quantitative estimate of drug-likeness (QED) is 0.395. The summed E-state index contributed by atoms with van der Waals surface area (Å²) in [5.41, 5.74) is 5.10. The van der Waals surface area contributed by atoms with Crippen molar-refractivity contribution < 1.29 is 4.79 Å². The van der Waals surface area contributed by atoms with Gasteiger partial charge in [0.15, 0.2) is 0 Å². The highest BCUT2D eigenvalue weighted by atomic mass is 16.1. The third kappa shape index (κ3) is 3.80. The Morgan fingerprint density at radius 2 is 1.62 bits per heavy atom. The van der Waals surface area contributed by atoms with Crippen molar-refractivity contribution >= 4 is 39.9 Å². The summed E-state index contributed by atoms with van der Waals surface area (Å²) in [6.45, 7) is 0.177. The van der Waals surface area contributed by atoms with Crippen LogP contribution in [0.15, 0.2) is 90.6 Å². The zero-order chi connectivity index (χ0) is 21.9. The zero-order valence-electron chi connectivity index (χ0n) is 17.2. The fraction of sp³-hybridized carbons (Fsp3) is 0.0769. The van der Waals surface area contributed by atoms with Gasteiger partial charge in [0.05, 0.1) is 23.0 Å². The predicted octanol–water partition coefficient (Wildman–Crippen LogP) is 5.05. The molecular formula is C26H21N5O. The van der Waals surface area contributed by atoms with Gasteiger partial charge < -0.3 is 20.5 Å². The lowest BCUT2D eigenvalue weighted by molar-refractivity contribution is -0.116. The van der Waals surface area contributed by atoms with Crippen LogP contribution in [0.5, 0.6) is 0 Å². The molecule has 156 valence electrons. The van der Waals surface area contributed by atoms with E-state index in [0.29, 0.717) is 5.57 Å². The maximum atomic E-state index is 12.6. The van der Waals surface area contributed by atoms with E-state index in [1.165, 1.54) is 0 Å². The number of anilines is 3. The number of para-hydroxylation sites is 4. The van der Waals surface area contributed by atoms with Gasteiger partial charge in [0.1, 0.15) is 12.7 Å². The topological polar surface area (TPSA) is 81.9 Å². The lowest BCUT2D eigenvalue weighted by atomic mass is 10.1. The molecule has 0 fully saturated rings. The van der Waals surface area contributed by atoms with Crippen molar-refractivity contribution in [3.63, 3.8) is 0 Å². The molecule has 0 radical (unpaired) electrons. The van der Waals surface area contributed by atoms with Crippen LogP contribution < -0.4 is 16.0 Å². The average molecular weight is 419 g/mol. The number of amides is 1. The summed E-state index contributed by atoms with van der Waals surface area (Å²) >= 11 is 0. The molecule has 3 N–H and O–H groups in total. The van der Waals surface area contributed by atoms with Crippen LogP contribution in [0, 0.1) is 11.3 Å². The highest BCUT2D eigenvalue weighted by Gasteiger charge is 2.23. The molecule has 3 aromatic carbocycles. The number of hydrogen-bond donors (Lipinski definition) is 3. The minimum absolute atomic E-state index is 0.109. The fourth-order valence-electron chi connectivity index (χ4n) is 3.98. The van der Waals surface area contributed by atoms with Crippen LogP contribution >= 0.6 is 0 Å². The Labute approximate surface area is 185 Å². The Morgan fingerprint density at radius 3 is 2.34 bits per heavy atom. The lowest BCUT2D eigenvalue weighted by Crippen LogP contribution is -2.23. The first-order chi connectivity index (χ1) is 15.7. The van der Waals surface area contributed by atoms with Gasteiger partial charge in [-0.25, -0.2) is 0 Å². The summed E-state index contributed by atoms with van der Waals surface area (Å²) in [6, 6.07) is 27.5. The summed E-state index contributed by atoms with van der Waals surface area (Å²) in [5, 5.41) is 20.5. The second-order valence-electron chi connectivity index (χ2n) is 7.62. The van der Waals surface area contributed by atoms with E-state index in [2.05, 4.69) is 22.0 Å². The van der Waals surface area contributed by atoms with E-state index < -0.39 is 0 Å². The van der Waals surface area contributed by atoms with Gasteiger partial charge in [0, 0.05) is 28.4 Å². The first-order valence-corrected chi connectivity index (χ1v) is 10.4. The molecule has 0 saturated heterocycles. The molecule has 5 rings (SSSR count). The summed E-state index contributed by atoms with van der Waals surface area (Å²) in [4.78, 5) is 12.6. The van der Waals surface area contributed by atoms with Crippen LogP contribution in [-0.4, -0.2) is 16.6 Å². The summed E-state index contributed by atoms with van der Waals surface area (Å²) in [5.74, 6) is -0.109. The summed E-state index contributed by atoms with van der Waals surface area (Å²) < 4.78 is 1.92. The first kappa shape index (κ1) is 19.5. The molecule has 0 atom stereocenters. The fourth-order valence-corrected chi connectivity index (χ4v) is 3.98. The van der Waals surface area contributed by atoms with Gasteiger partial charge in [-0.2, -0.15) is 5.26 Å². The number of nitrogens with zero attached hydrogens (tertiary/aromatic N) is 2. The van der Waals surface area contributed by atoms with Crippen LogP contribution in [0.2, 0.25) is 0 Å². The number of rotatable bonds is 5. The van der Waals surface area contributed by atoms with Crippen molar-refractivity contribution in [2.75, 3.05) is 16.0 Å². The molecular weight excluding hydrogens is 398 g/mol. The summed E-state index contributed by atoms with van der Waals surface area (Å²) in [6.07, 6.45) is 3.50. The van der Waals surface area contributed by atoms with E-state index >= 15 is 0 Å². The van der Waals surface area contributed by atoms with Crippen molar-refractivity contribution in [2.45, 2.75) is 12.7 Å². The molecule has 1 aliphatic rings. The van der Waals surface area contributed by atoms with Crippen molar-refractivity contribution in [3.05, 3.63) is 96.2 Å². The van der Waals surface area contributed by atoms with Gasteiger partial charge in [-0.3, -0.25) is 4.79 Å².